The Hall–Kier alpha value is -2.60. The number of hydrogen-bond acceptors (Lipinski definition) is 3. The second-order valence-corrected chi connectivity index (χ2v) is 6.70. The maximum Gasteiger partial charge on any atom is 0.251 e. The lowest BCUT2D eigenvalue weighted by atomic mass is 10.2. The maximum absolute atomic E-state index is 12.0. The molecule has 0 radical (unpaired) electrons. The first kappa shape index (κ1) is 18.2. The van der Waals surface area contributed by atoms with Gasteiger partial charge in [-0.15, -0.1) is 0 Å². The quantitative estimate of drug-likeness (QED) is 0.562. The third kappa shape index (κ3) is 5.20. The number of nitrogens with zero attached hydrogens (tertiary/aromatic N) is 2. The van der Waals surface area contributed by atoms with Gasteiger partial charge in [0.05, 0.1) is 12.9 Å². The standard InChI is InChI=1S/C20H20BrN3O2/c21-17-5-3-4-16(14-17)20(25)23-10-1-2-13-26-19-8-6-18(7-9-19)24-12-11-22-15-24/h3-9,11-12,14-15H,1-2,10,13H2,(H,23,25). The number of ether oxygens (including phenoxy) is 1. The summed E-state index contributed by atoms with van der Waals surface area (Å²) in [5.74, 6) is 0.786. The van der Waals surface area contributed by atoms with Crippen LogP contribution in [0, 0.1) is 0 Å². The van der Waals surface area contributed by atoms with E-state index in [4.69, 9.17) is 4.74 Å². The maximum atomic E-state index is 12.0. The Labute approximate surface area is 161 Å². The smallest absolute Gasteiger partial charge is 0.251 e. The van der Waals surface area contributed by atoms with Crippen molar-refractivity contribution in [1.82, 2.24) is 14.9 Å². The Kier molecular flexibility index (Phi) is 6.44. The molecule has 1 heterocycles. The van der Waals surface area contributed by atoms with Crippen molar-refractivity contribution < 1.29 is 9.53 Å². The minimum Gasteiger partial charge on any atom is -0.494 e. The molecular weight excluding hydrogens is 394 g/mol. The summed E-state index contributed by atoms with van der Waals surface area (Å²) in [5, 5.41) is 2.92. The van der Waals surface area contributed by atoms with E-state index in [0.29, 0.717) is 18.7 Å². The van der Waals surface area contributed by atoms with Gasteiger partial charge in [0.1, 0.15) is 5.75 Å². The van der Waals surface area contributed by atoms with Crippen LogP contribution in [0.4, 0.5) is 0 Å². The van der Waals surface area contributed by atoms with Crippen LogP contribution in [-0.2, 0) is 0 Å². The van der Waals surface area contributed by atoms with Crippen LogP contribution in [0.25, 0.3) is 5.69 Å². The molecular formula is C20H20BrN3O2. The molecule has 0 bridgehead atoms. The molecule has 0 unspecified atom stereocenters. The Morgan fingerprint density at radius 1 is 1.15 bits per heavy atom. The molecule has 2 aromatic carbocycles. The van der Waals surface area contributed by atoms with Gasteiger partial charge in [-0.05, 0) is 55.3 Å². The summed E-state index contributed by atoms with van der Waals surface area (Å²) in [6.45, 7) is 1.26. The van der Waals surface area contributed by atoms with E-state index >= 15 is 0 Å². The number of aromatic nitrogens is 2. The van der Waals surface area contributed by atoms with Crippen molar-refractivity contribution in [2.45, 2.75) is 12.8 Å². The molecule has 0 spiro atoms. The fourth-order valence-electron chi connectivity index (χ4n) is 2.48. The molecule has 134 valence electrons. The van der Waals surface area contributed by atoms with E-state index in [0.717, 1.165) is 28.8 Å². The van der Waals surface area contributed by atoms with Gasteiger partial charge < -0.3 is 14.6 Å². The second kappa shape index (κ2) is 9.20. The van der Waals surface area contributed by atoms with Gasteiger partial charge in [-0.2, -0.15) is 0 Å². The first-order chi connectivity index (χ1) is 12.7. The number of hydrogen-bond donors (Lipinski definition) is 1. The number of imidazole rings is 1. The number of unbranched alkanes of at least 4 members (excludes halogenated alkanes) is 1. The Morgan fingerprint density at radius 2 is 2.00 bits per heavy atom. The normalized spacial score (nSPS) is 10.5. The van der Waals surface area contributed by atoms with Crippen molar-refractivity contribution in [1.29, 1.82) is 0 Å². The minimum atomic E-state index is -0.0534. The van der Waals surface area contributed by atoms with Crippen molar-refractivity contribution in [3.8, 4) is 11.4 Å². The van der Waals surface area contributed by atoms with E-state index in [1.165, 1.54) is 0 Å². The fraction of sp³-hybridized carbons (Fsp3) is 0.200. The van der Waals surface area contributed by atoms with Crippen molar-refractivity contribution in [2.75, 3.05) is 13.2 Å². The fourth-order valence-corrected chi connectivity index (χ4v) is 2.88. The van der Waals surface area contributed by atoms with Crippen molar-refractivity contribution in [3.63, 3.8) is 0 Å². The summed E-state index contributed by atoms with van der Waals surface area (Å²) in [6, 6.07) is 15.3. The summed E-state index contributed by atoms with van der Waals surface area (Å²) in [4.78, 5) is 16.0. The van der Waals surface area contributed by atoms with Gasteiger partial charge in [0.15, 0.2) is 0 Å². The van der Waals surface area contributed by atoms with E-state index in [2.05, 4.69) is 26.2 Å². The monoisotopic (exact) mass is 413 g/mol. The number of carbonyl (C=O) groups excluding carboxylic acids is 1. The van der Waals surface area contributed by atoms with Gasteiger partial charge in [0.25, 0.3) is 5.91 Å². The van der Waals surface area contributed by atoms with Crippen LogP contribution in [0.3, 0.4) is 0 Å². The zero-order valence-electron chi connectivity index (χ0n) is 14.3. The van der Waals surface area contributed by atoms with Crippen LogP contribution in [-0.4, -0.2) is 28.6 Å². The highest BCUT2D eigenvalue weighted by Gasteiger charge is 2.04. The molecule has 1 aromatic heterocycles. The van der Waals surface area contributed by atoms with Crippen LogP contribution in [0.2, 0.25) is 0 Å². The van der Waals surface area contributed by atoms with Crippen LogP contribution in [0.15, 0.2) is 71.7 Å². The average molecular weight is 414 g/mol. The zero-order valence-corrected chi connectivity index (χ0v) is 15.9. The lowest BCUT2D eigenvalue weighted by Crippen LogP contribution is -2.24. The highest BCUT2D eigenvalue weighted by atomic mass is 79.9. The largest absolute Gasteiger partial charge is 0.494 e. The van der Waals surface area contributed by atoms with Gasteiger partial charge in [0, 0.05) is 34.7 Å². The zero-order chi connectivity index (χ0) is 18.2. The molecule has 0 fully saturated rings. The molecule has 0 aliphatic heterocycles. The SMILES string of the molecule is O=C(NCCCCOc1ccc(-n2ccnc2)cc1)c1cccc(Br)c1. The Bertz CT molecular complexity index is 833. The number of benzene rings is 2. The summed E-state index contributed by atoms with van der Waals surface area (Å²) in [5.41, 5.74) is 1.71. The summed E-state index contributed by atoms with van der Waals surface area (Å²) >= 11 is 3.37. The molecule has 0 saturated heterocycles. The van der Waals surface area contributed by atoms with Crippen LogP contribution >= 0.6 is 15.9 Å². The third-order valence-corrected chi connectivity index (χ3v) is 4.34. The highest BCUT2D eigenvalue weighted by molar-refractivity contribution is 9.10. The van der Waals surface area contributed by atoms with Crippen LogP contribution < -0.4 is 10.1 Å². The van der Waals surface area contributed by atoms with Crippen molar-refractivity contribution >= 4 is 21.8 Å². The van der Waals surface area contributed by atoms with E-state index in [-0.39, 0.29) is 5.91 Å². The number of amides is 1. The Balaban J connectivity index is 1.34. The lowest BCUT2D eigenvalue weighted by Gasteiger charge is -2.08. The van der Waals surface area contributed by atoms with Gasteiger partial charge in [-0.3, -0.25) is 4.79 Å². The molecule has 0 aliphatic rings. The predicted molar refractivity (Wildman–Crippen MR) is 105 cm³/mol. The third-order valence-electron chi connectivity index (χ3n) is 3.85. The van der Waals surface area contributed by atoms with Crippen molar-refractivity contribution in [3.05, 3.63) is 77.3 Å². The van der Waals surface area contributed by atoms with Gasteiger partial charge in [-0.25, -0.2) is 4.98 Å². The molecule has 0 aliphatic carbocycles. The molecule has 5 nitrogen and oxygen atoms in total. The van der Waals surface area contributed by atoms with Gasteiger partial charge >= 0.3 is 0 Å². The number of rotatable bonds is 8. The number of halogens is 1. The second-order valence-electron chi connectivity index (χ2n) is 5.79. The number of carbonyl (C=O) groups is 1. The Morgan fingerprint density at radius 3 is 2.73 bits per heavy atom. The molecule has 6 heteroatoms. The van der Waals surface area contributed by atoms with Crippen LogP contribution in [0.1, 0.15) is 23.2 Å². The molecule has 3 aromatic rings. The van der Waals surface area contributed by atoms with E-state index < -0.39 is 0 Å². The van der Waals surface area contributed by atoms with E-state index in [9.17, 15) is 4.79 Å². The number of nitrogens with one attached hydrogen (secondary N) is 1. The molecule has 26 heavy (non-hydrogen) atoms. The molecule has 0 atom stereocenters. The molecule has 1 N–H and O–H groups in total. The summed E-state index contributed by atoms with van der Waals surface area (Å²) < 4.78 is 8.58. The van der Waals surface area contributed by atoms with Gasteiger partial charge in [0.2, 0.25) is 0 Å². The highest BCUT2D eigenvalue weighted by Crippen LogP contribution is 2.15. The average Bonchev–Trinajstić information content (AvgIpc) is 3.19. The van der Waals surface area contributed by atoms with Gasteiger partial charge in [-0.1, -0.05) is 22.0 Å². The van der Waals surface area contributed by atoms with Crippen molar-refractivity contribution in [2.24, 2.45) is 0 Å². The first-order valence-corrected chi connectivity index (χ1v) is 9.26. The first-order valence-electron chi connectivity index (χ1n) is 8.47. The van der Waals surface area contributed by atoms with Crippen LogP contribution in [0.5, 0.6) is 5.75 Å². The summed E-state index contributed by atoms with van der Waals surface area (Å²) in [7, 11) is 0. The van der Waals surface area contributed by atoms with E-state index in [1.54, 1.807) is 18.6 Å². The summed E-state index contributed by atoms with van der Waals surface area (Å²) in [6.07, 6.45) is 7.16. The predicted octanol–water partition coefficient (Wildman–Crippen LogP) is 4.22. The molecule has 1 amide bonds. The minimum absolute atomic E-state index is 0.0534. The lowest BCUT2D eigenvalue weighted by molar-refractivity contribution is 0.0952. The molecule has 0 saturated carbocycles. The molecule has 3 rings (SSSR count). The topological polar surface area (TPSA) is 56.1 Å². The van der Waals surface area contributed by atoms with E-state index in [1.807, 2.05) is 53.2 Å².